The molecular weight excluding hydrogens is 259 g/mol. The van der Waals surface area contributed by atoms with E-state index < -0.39 is 5.82 Å². The molecular formula is C15H15FN2O2. The largest absolute Gasteiger partial charge is 0.496 e. The molecule has 0 saturated heterocycles. The number of methoxy groups -OCH3 is 1. The lowest BCUT2D eigenvalue weighted by molar-refractivity contribution is 0.0951. The molecule has 0 aliphatic rings. The van der Waals surface area contributed by atoms with Gasteiger partial charge >= 0.3 is 0 Å². The number of amides is 1. The first-order valence-electron chi connectivity index (χ1n) is 6.07. The molecule has 0 radical (unpaired) electrons. The van der Waals surface area contributed by atoms with Gasteiger partial charge < -0.3 is 15.8 Å². The predicted octanol–water partition coefficient (Wildman–Crippen LogP) is 2.35. The molecule has 0 heterocycles. The van der Waals surface area contributed by atoms with E-state index >= 15 is 0 Å². The summed E-state index contributed by atoms with van der Waals surface area (Å²) in [6.07, 6.45) is 0. The smallest absolute Gasteiger partial charge is 0.253 e. The van der Waals surface area contributed by atoms with Crippen LogP contribution in [0.1, 0.15) is 15.9 Å². The number of hydrogen-bond acceptors (Lipinski definition) is 3. The number of anilines is 1. The maximum atomic E-state index is 12.9. The molecule has 0 aliphatic carbocycles. The van der Waals surface area contributed by atoms with Gasteiger partial charge in [-0.3, -0.25) is 4.79 Å². The molecule has 0 spiro atoms. The maximum absolute atomic E-state index is 12.9. The van der Waals surface area contributed by atoms with Crippen molar-refractivity contribution < 1.29 is 13.9 Å². The van der Waals surface area contributed by atoms with Gasteiger partial charge in [-0.2, -0.15) is 0 Å². The van der Waals surface area contributed by atoms with Crippen molar-refractivity contribution in [1.82, 2.24) is 5.32 Å². The minimum atomic E-state index is -0.469. The molecule has 3 N–H and O–H groups in total. The van der Waals surface area contributed by atoms with Crippen LogP contribution in [-0.4, -0.2) is 13.0 Å². The Kier molecular flexibility index (Phi) is 4.20. The highest BCUT2D eigenvalue weighted by molar-refractivity contribution is 5.99. The van der Waals surface area contributed by atoms with Gasteiger partial charge in [0.05, 0.1) is 12.7 Å². The second kappa shape index (κ2) is 6.06. The molecule has 0 unspecified atom stereocenters. The fraction of sp³-hybridized carbons (Fsp3) is 0.133. The van der Waals surface area contributed by atoms with Crippen LogP contribution < -0.4 is 15.8 Å². The lowest BCUT2D eigenvalue weighted by atomic mass is 10.1. The van der Waals surface area contributed by atoms with E-state index in [1.54, 1.807) is 7.11 Å². The highest BCUT2D eigenvalue weighted by atomic mass is 19.1. The second-order valence-corrected chi connectivity index (χ2v) is 4.23. The van der Waals surface area contributed by atoms with Crippen LogP contribution in [0.3, 0.4) is 0 Å². The van der Waals surface area contributed by atoms with Crippen molar-refractivity contribution in [3.8, 4) is 5.75 Å². The minimum absolute atomic E-state index is 0.113. The number of carbonyl (C=O) groups excluding carboxylic acids is 1. The summed E-state index contributed by atoms with van der Waals surface area (Å²) in [6.45, 7) is 0.305. The number of rotatable bonds is 4. The van der Waals surface area contributed by atoms with Gasteiger partial charge in [0.1, 0.15) is 11.6 Å². The number of nitrogen functional groups attached to an aromatic ring is 1. The Balaban J connectivity index is 2.09. The van der Waals surface area contributed by atoms with E-state index in [0.717, 1.165) is 11.6 Å². The number of nitrogens with one attached hydrogen (secondary N) is 1. The van der Waals surface area contributed by atoms with E-state index in [-0.39, 0.29) is 17.2 Å². The molecule has 20 heavy (non-hydrogen) atoms. The highest BCUT2D eigenvalue weighted by Gasteiger charge is 2.11. The van der Waals surface area contributed by atoms with Crippen LogP contribution in [0, 0.1) is 5.82 Å². The number of benzene rings is 2. The van der Waals surface area contributed by atoms with Gasteiger partial charge in [0.15, 0.2) is 0 Å². The zero-order chi connectivity index (χ0) is 14.5. The lowest BCUT2D eigenvalue weighted by Crippen LogP contribution is -2.24. The van der Waals surface area contributed by atoms with Crippen molar-refractivity contribution in [3.05, 3.63) is 59.4 Å². The SMILES string of the molecule is COc1ccccc1CNC(=O)c1ccc(F)cc1N. The fourth-order valence-electron chi connectivity index (χ4n) is 1.86. The van der Waals surface area contributed by atoms with Crippen LogP contribution in [0.15, 0.2) is 42.5 Å². The van der Waals surface area contributed by atoms with Gasteiger partial charge in [-0.25, -0.2) is 4.39 Å². The maximum Gasteiger partial charge on any atom is 0.253 e. The minimum Gasteiger partial charge on any atom is -0.496 e. The second-order valence-electron chi connectivity index (χ2n) is 4.23. The number of para-hydroxylation sites is 1. The summed E-state index contributed by atoms with van der Waals surface area (Å²) in [4.78, 5) is 12.0. The first kappa shape index (κ1) is 13.9. The molecule has 1 amide bonds. The summed E-state index contributed by atoms with van der Waals surface area (Å²) < 4.78 is 18.1. The molecule has 4 nitrogen and oxygen atoms in total. The Morgan fingerprint density at radius 1 is 1.30 bits per heavy atom. The van der Waals surface area contributed by atoms with Crippen molar-refractivity contribution in [2.24, 2.45) is 0 Å². The summed E-state index contributed by atoms with van der Waals surface area (Å²) >= 11 is 0. The van der Waals surface area contributed by atoms with E-state index in [2.05, 4.69) is 5.32 Å². The first-order valence-corrected chi connectivity index (χ1v) is 6.07. The Hall–Kier alpha value is -2.56. The third-order valence-electron chi connectivity index (χ3n) is 2.89. The van der Waals surface area contributed by atoms with Gasteiger partial charge in [-0.15, -0.1) is 0 Å². The molecule has 2 rings (SSSR count). The van der Waals surface area contributed by atoms with Crippen LogP contribution >= 0.6 is 0 Å². The summed E-state index contributed by atoms with van der Waals surface area (Å²) in [5, 5.41) is 2.73. The molecule has 2 aromatic carbocycles. The number of halogens is 1. The lowest BCUT2D eigenvalue weighted by Gasteiger charge is -2.10. The average molecular weight is 274 g/mol. The van der Waals surface area contributed by atoms with Gasteiger partial charge in [0.2, 0.25) is 0 Å². The number of carbonyl (C=O) groups is 1. The topological polar surface area (TPSA) is 64.3 Å². The third-order valence-corrected chi connectivity index (χ3v) is 2.89. The number of hydrogen-bond donors (Lipinski definition) is 2. The molecule has 2 aromatic rings. The van der Waals surface area contributed by atoms with Gasteiger partial charge in [0.25, 0.3) is 5.91 Å². The highest BCUT2D eigenvalue weighted by Crippen LogP contribution is 2.18. The van der Waals surface area contributed by atoms with E-state index in [1.165, 1.54) is 12.1 Å². The van der Waals surface area contributed by atoms with Gasteiger partial charge in [-0.1, -0.05) is 18.2 Å². The van der Waals surface area contributed by atoms with E-state index in [4.69, 9.17) is 10.5 Å². The molecule has 0 bridgehead atoms. The summed E-state index contributed by atoms with van der Waals surface area (Å²) in [5.41, 5.74) is 6.84. The Morgan fingerprint density at radius 2 is 2.05 bits per heavy atom. The van der Waals surface area contributed by atoms with Crippen LogP contribution in [0.25, 0.3) is 0 Å². The van der Waals surface area contributed by atoms with Crippen LogP contribution in [-0.2, 0) is 6.54 Å². The van der Waals surface area contributed by atoms with E-state index in [0.29, 0.717) is 12.3 Å². The van der Waals surface area contributed by atoms with Crippen molar-refractivity contribution in [2.75, 3.05) is 12.8 Å². The van der Waals surface area contributed by atoms with Crippen molar-refractivity contribution in [2.45, 2.75) is 6.54 Å². The predicted molar refractivity (Wildman–Crippen MR) is 75.0 cm³/mol. The molecule has 0 atom stereocenters. The Bertz CT molecular complexity index is 629. The fourth-order valence-corrected chi connectivity index (χ4v) is 1.86. The molecule has 0 aromatic heterocycles. The van der Waals surface area contributed by atoms with E-state index in [9.17, 15) is 9.18 Å². The summed E-state index contributed by atoms with van der Waals surface area (Å²) in [5.74, 6) is -0.128. The van der Waals surface area contributed by atoms with Crippen molar-refractivity contribution >= 4 is 11.6 Å². The molecule has 0 saturated carbocycles. The van der Waals surface area contributed by atoms with Crippen molar-refractivity contribution in [3.63, 3.8) is 0 Å². The summed E-state index contributed by atoms with van der Waals surface area (Å²) in [6, 6.07) is 11.1. The van der Waals surface area contributed by atoms with Crippen LogP contribution in [0.5, 0.6) is 5.75 Å². The third kappa shape index (κ3) is 3.06. The number of nitrogens with two attached hydrogens (primary N) is 1. The molecule has 104 valence electrons. The Morgan fingerprint density at radius 3 is 2.75 bits per heavy atom. The van der Waals surface area contributed by atoms with E-state index in [1.807, 2.05) is 24.3 Å². The molecule has 0 aliphatic heterocycles. The summed E-state index contributed by atoms with van der Waals surface area (Å²) in [7, 11) is 1.57. The Labute approximate surface area is 116 Å². The first-order chi connectivity index (χ1) is 9.61. The molecule has 5 heteroatoms. The monoisotopic (exact) mass is 274 g/mol. The van der Waals surface area contributed by atoms with Gasteiger partial charge in [-0.05, 0) is 24.3 Å². The quantitative estimate of drug-likeness (QED) is 0.841. The number of ether oxygens (including phenoxy) is 1. The zero-order valence-corrected chi connectivity index (χ0v) is 11.0. The van der Waals surface area contributed by atoms with Crippen LogP contribution in [0.4, 0.5) is 10.1 Å². The van der Waals surface area contributed by atoms with Crippen molar-refractivity contribution in [1.29, 1.82) is 0 Å². The molecule has 0 fully saturated rings. The van der Waals surface area contributed by atoms with Crippen LogP contribution in [0.2, 0.25) is 0 Å². The standard InChI is InChI=1S/C15H15FN2O2/c1-20-14-5-3-2-4-10(14)9-18-15(19)12-7-6-11(16)8-13(12)17/h2-8H,9,17H2,1H3,(H,18,19). The normalized spacial score (nSPS) is 10.1. The van der Waals surface area contributed by atoms with Gasteiger partial charge in [0, 0.05) is 17.8 Å². The zero-order valence-electron chi connectivity index (χ0n) is 11.0. The average Bonchev–Trinajstić information content (AvgIpc) is 2.45.